The number of ether oxygens (including phenoxy) is 1. The average molecular weight is 252 g/mol. The molecule has 0 saturated heterocycles. The zero-order valence-electron chi connectivity index (χ0n) is 11.4. The second kappa shape index (κ2) is 7.13. The summed E-state index contributed by atoms with van der Waals surface area (Å²) < 4.78 is 5.05. The predicted octanol–water partition coefficient (Wildman–Crippen LogP) is 2.82. The molecule has 0 amide bonds. The molecule has 0 N–H and O–H groups in total. The fourth-order valence-electron chi connectivity index (χ4n) is 1.51. The molecule has 18 heavy (non-hydrogen) atoms. The standard InChI is InChI=1S/C14H20O4/c1-10-5-6-13(11(2)9-10)14(15)18-17-8-7-12(3)16-4/h5-6,9,12H,7-8H2,1-4H3. The van der Waals surface area contributed by atoms with Crippen LogP contribution in [0, 0.1) is 13.8 Å². The average Bonchev–Trinajstić information content (AvgIpc) is 2.34. The van der Waals surface area contributed by atoms with Gasteiger partial charge in [-0.15, -0.1) is 0 Å². The maximum atomic E-state index is 11.7. The second-order valence-corrected chi connectivity index (χ2v) is 4.35. The molecule has 4 heteroatoms. The van der Waals surface area contributed by atoms with Crippen molar-refractivity contribution in [3.63, 3.8) is 0 Å². The number of rotatable bonds is 6. The molecule has 0 radical (unpaired) electrons. The van der Waals surface area contributed by atoms with Crippen LogP contribution in [0.2, 0.25) is 0 Å². The fourth-order valence-corrected chi connectivity index (χ4v) is 1.51. The Morgan fingerprint density at radius 3 is 2.67 bits per heavy atom. The minimum atomic E-state index is -0.461. The van der Waals surface area contributed by atoms with Crippen LogP contribution in [-0.2, 0) is 14.5 Å². The van der Waals surface area contributed by atoms with Gasteiger partial charge >= 0.3 is 5.97 Å². The number of carbonyl (C=O) groups is 1. The van der Waals surface area contributed by atoms with Crippen molar-refractivity contribution in [1.29, 1.82) is 0 Å². The number of methoxy groups -OCH3 is 1. The van der Waals surface area contributed by atoms with Gasteiger partial charge < -0.3 is 4.74 Å². The molecular formula is C14H20O4. The van der Waals surface area contributed by atoms with Gasteiger partial charge in [-0.2, -0.15) is 4.89 Å². The number of benzene rings is 1. The van der Waals surface area contributed by atoms with Crippen molar-refractivity contribution in [2.75, 3.05) is 13.7 Å². The monoisotopic (exact) mass is 252 g/mol. The van der Waals surface area contributed by atoms with E-state index in [1.54, 1.807) is 13.2 Å². The molecule has 0 spiro atoms. The Hall–Kier alpha value is -1.39. The first kappa shape index (κ1) is 14.7. The SMILES string of the molecule is COC(C)CCOOC(=O)c1ccc(C)cc1C. The summed E-state index contributed by atoms with van der Waals surface area (Å²) in [7, 11) is 1.63. The van der Waals surface area contributed by atoms with Crippen LogP contribution in [-0.4, -0.2) is 25.8 Å². The van der Waals surface area contributed by atoms with Crippen molar-refractivity contribution in [2.24, 2.45) is 0 Å². The topological polar surface area (TPSA) is 44.8 Å². The highest BCUT2D eigenvalue weighted by molar-refractivity contribution is 5.90. The summed E-state index contributed by atoms with van der Waals surface area (Å²) in [6.07, 6.45) is 0.765. The zero-order valence-corrected chi connectivity index (χ0v) is 11.4. The van der Waals surface area contributed by atoms with Gasteiger partial charge in [-0.05, 0) is 32.4 Å². The van der Waals surface area contributed by atoms with E-state index in [1.165, 1.54) is 0 Å². The van der Waals surface area contributed by atoms with E-state index in [0.29, 0.717) is 18.6 Å². The summed E-state index contributed by atoms with van der Waals surface area (Å²) in [6, 6.07) is 5.55. The minimum absolute atomic E-state index is 0.0878. The van der Waals surface area contributed by atoms with Crippen molar-refractivity contribution in [2.45, 2.75) is 33.3 Å². The van der Waals surface area contributed by atoms with Gasteiger partial charge in [-0.3, -0.25) is 4.89 Å². The van der Waals surface area contributed by atoms with Gasteiger partial charge in [0.25, 0.3) is 0 Å². The van der Waals surface area contributed by atoms with E-state index < -0.39 is 5.97 Å². The van der Waals surface area contributed by atoms with E-state index >= 15 is 0 Å². The van der Waals surface area contributed by atoms with Crippen molar-refractivity contribution >= 4 is 5.97 Å². The Balaban J connectivity index is 2.41. The summed E-state index contributed by atoms with van der Waals surface area (Å²) in [5.74, 6) is -0.461. The van der Waals surface area contributed by atoms with E-state index in [1.807, 2.05) is 32.9 Å². The number of carbonyl (C=O) groups excluding carboxylic acids is 1. The lowest BCUT2D eigenvalue weighted by Crippen LogP contribution is -2.12. The first-order valence-corrected chi connectivity index (χ1v) is 5.98. The van der Waals surface area contributed by atoms with E-state index in [4.69, 9.17) is 14.5 Å². The maximum absolute atomic E-state index is 11.7. The van der Waals surface area contributed by atoms with E-state index in [9.17, 15) is 4.79 Å². The molecular weight excluding hydrogens is 232 g/mol. The third-order valence-corrected chi connectivity index (χ3v) is 2.75. The molecule has 0 aliphatic heterocycles. The van der Waals surface area contributed by atoms with Gasteiger partial charge in [0, 0.05) is 13.5 Å². The van der Waals surface area contributed by atoms with Crippen molar-refractivity contribution in [3.05, 3.63) is 34.9 Å². The van der Waals surface area contributed by atoms with Crippen LogP contribution in [0.1, 0.15) is 34.8 Å². The molecule has 0 aliphatic rings. The molecule has 1 atom stereocenters. The summed E-state index contributed by atoms with van der Waals surface area (Å²) in [6.45, 7) is 6.10. The molecule has 100 valence electrons. The van der Waals surface area contributed by atoms with Crippen LogP contribution in [0.3, 0.4) is 0 Å². The van der Waals surface area contributed by atoms with Crippen molar-refractivity contribution in [3.8, 4) is 0 Å². The van der Waals surface area contributed by atoms with Gasteiger partial charge in [0.15, 0.2) is 0 Å². The summed E-state index contributed by atoms with van der Waals surface area (Å²) >= 11 is 0. The largest absolute Gasteiger partial charge is 0.382 e. The van der Waals surface area contributed by atoms with Crippen LogP contribution in [0.4, 0.5) is 0 Å². The Bertz CT molecular complexity index is 401. The smallest absolute Gasteiger partial charge is 0.373 e. The summed E-state index contributed by atoms with van der Waals surface area (Å²) in [4.78, 5) is 21.3. The summed E-state index contributed by atoms with van der Waals surface area (Å²) in [5.41, 5.74) is 2.52. The Morgan fingerprint density at radius 2 is 2.06 bits per heavy atom. The first-order valence-electron chi connectivity index (χ1n) is 5.98. The maximum Gasteiger partial charge on any atom is 0.373 e. The van der Waals surface area contributed by atoms with Crippen LogP contribution >= 0.6 is 0 Å². The van der Waals surface area contributed by atoms with Gasteiger partial charge in [-0.25, -0.2) is 4.79 Å². The van der Waals surface area contributed by atoms with Crippen molar-refractivity contribution < 1.29 is 19.3 Å². The molecule has 1 aromatic carbocycles. The molecule has 1 aromatic rings. The third kappa shape index (κ3) is 4.47. The number of aryl methyl sites for hydroxylation is 2. The molecule has 0 bridgehead atoms. The van der Waals surface area contributed by atoms with Crippen LogP contribution in [0.15, 0.2) is 18.2 Å². The van der Waals surface area contributed by atoms with E-state index in [0.717, 1.165) is 11.1 Å². The van der Waals surface area contributed by atoms with E-state index in [-0.39, 0.29) is 6.10 Å². The van der Waals surface area contributed by atoms with Crippen LogP contribution in [0.5, 0.6) is 0 Å². The molecule has 1 unspecified atom stereocenters. The predicted molar refractivity (Wildman–Crippen MR) is 68.4 cm³/mol. The lowest BCUT2D eigenvalue weighted by Gasteiger charge is -2.09. The fraction of sp³-hybridized carbons (Fsp3) is 0.500. The molecule has 0 aliphatic carbocycles. The lowest BCUT2D eigenvalue weighted by atomic mass is 10.1. The molecule has 0 saturated carbocycles. The Kier molecular flexibility index (Phi) is 5.82. The van der Waals surface area contributed by atoms with Crippen molar-refractivity contribution in [1.82, 2.24) is 0 Å². The Morgan fingerprint density at radius 1 is 1.33 bits per heavy atom. The van der Waals surface area contributed by atoms with Crippen LogP contribution in [0.25, 0.3) is 0 Å². The number of hydrogen-bond acceptors (Lipinski definition) is 4. The second-order valence-electron chi connectivity index (χ2n) is 4.35. The highest BCUT2D eigenvalue weighted by Gasteiger charge is 2.11. The molecule has 0 fully saturated rings. The molecule has 1 rings (SSSR count). The summed E-state index contributed by atoms with van der Waals surface area (Å²) in [5, 5.41) is 0. The third-order valence-electron chi connectivity index (χ3n) is 2.75. The van der Waals surface area contributed by atoms with Crippen LogP contribution < -0.4 is 0 Å². The quantitative estimate of drug-likeness (QED) is 0.443. The lowest BCUT2D eigenvalue weighted by molar-refractivity contribution is -0.244. The highest BCUT2D eigenvalue weighted by Crippen LogP contribution is 2.12. The molecule has 0 heterocycles. The van der Waals surface area contributed by atoms with Gasteiger partial charge in [0.05, 0.1) is 18.3 Å². The highest BCUT2D eigenvalue weighted by atomic mass is 17.2. The molecule has 4 nitrogen and oxygen atoms in total. The first-order chi connectivity index (χ1) is 8.54. The van der Waals surface area contributed by atoms with E-state index in [2.05, 4.69) is 0 Å². The Labute approximate surface area is 108 Å². The van der Waals surface area contributed by atoms with Gasteiger partial charge in [0.2, 0.25) is 0 Å². The van der Waals surface area contributed by atoms with Gasteiger partial charge in [-0.1, -0.05) is 17.7 Å². The minimum Gasteiger partial charge on any atom is -0.382 e. The number of hydrogen-bond donors (Lipinski definition) is 0. The molecule has 0 aromatic heterocycles. The van der Waals surface area contributed by atoms with Gasteiger partial charge in [0.1, 0.15) is 0 Å². The zero-order chi connectivity index (χ0) is 13.5. The normalized spacial score (nSPS) is 12.2.